The Morgan fingerprint density at radius 3 is 2.76 bits per heavy atom. The second-order valence-electron chi connectivity index (χ2n) is 4.37. The molecule has 0 aliphatic rings. The Bertz CT molecular complexity index is 611. The molecule has 2 N–H and O–H groups in total. The van der Waals surface area contributed by atoms with Gasteiger partial charge < -0.3 is 10.1 Å². The number of hydrogen-bond acceptors (Lipinski definition) is 4. The average molecular weight is 312 g/mol. The highest BCUT2D eigenvalue weighted by atomic mass is 32.2. The largest absolute Gasteiger partial charge is 0.383 e. The number of rotatable bonds is 8. The molecule has 0 saturated heterocycles. The molecular formula is C14H20N2O4S. The van der Waals surface area contributed by atoms with Gasteiger partial charge in [-0.1, -0.05) is 12.1 Å². The number of sulfonamides is 1. The van der Waals surface area contributed by atoms with E-state index in [2.05, 4.69) is 16.6 Å². The second-order valence-corrected chi connectivity index (χ2v) is 6.13. The first-order valence-electron chi connectivity index (χ1n) is 6.40. The molecule has 0 bridgehead atoms. The number of carbonyl (C=O) groups is 1. The Morgan fingerprint density at radius 1 is 1.43 bits per heavy atom. The molecule has 21 heavy (non-hydrogen) atoms. The molecule has 0 spiro atoms. The molecule has 116 valence electrons. The van der Waals surface area contributed by atoms with Crippen LogP contribution in [0.3, 0.4) is 0 Å². The van der Waals surface area contributed by atoms with Crippen LogP contribution in [0, 0.1) is 6.92 Å². The van der Waals surface area contributed by atoms with Crippen molar-refractivity contribution in [2.75, 3.05) is 26.8 Å². The van der Waals surface area contributed by atoms with Gasteiger partial charge in [0, 0.05) is 25.8 Å². The van der Waals surface area contributed by atoms with Gasteiger partial charge in [0.2, 0.25) is 10.0 Å². The monoisotopic (exact) mass is 312 g/mol. The van der Waals surface area contributed by atoms with E-state index in [0.717, 1.165) is 0 Å². The van der Waals surface area contributed by atoms with Gasteiger partial charge in [0.1, 0.15) is 0 Å². The normalized spacial score (nSPS) is 11.1. The summed E-state index contributed by atoms with van der Waals surface area (Å²) < 4.78 is 31.3. The van der Waals surface area contributed by atoms with Gasteiger partial charge in [-0.15, -0.1) is 6.58 Å². The van der Waals surface area contributed by atoms with E-state index in [4.69, 9.17) is 4.74 Å². The minimum Gasteiger partial charge on any atom is -0.383 e. The summed E-state index contributed by atoms with van der Waals surface area (Å²) >= 11 is 0. The number of methoxy groups -OCH3 is 1. The molecule has 0 aromatic heterocycles. The molecule has 0 radical (unpaired) electrons. The lowest BCUT2D eigenvalue weighted by atomic mass is 10.1. The maximum Gasteiger partial charge on any atom is 0.251 e. The van der Waals surface area contributed by atoms with Crippen LogP contribution in [0.25, 0.3) is 0 Å². The highest BCUT2D eigenvalue weighted by Gasteiger charge is 2.17. The minimum absolute atomic E-state index is 0.0480. The second kappa shape index (κ2) is 7.92. The van der Waals surface area contributed by atoms with Crippen molar-refractivity contribution in [3.63, 3.8) is 0 Å². The van der Waals surface area contributed by atoms with E-state index in [-0.39, 0.29) is 17.3 Å². The SMILES string of the molecule is C=CCNS(=O)(=O)c1ccc(C)c(C(=O)NCCOC)c1. The first kappa shape index (κ1) is 17.4. The molecule has 1 rings (SSSR count). The van der Waals surface area contributed by atoms with Crippen molar-refractivity contribution in [2.45, 2.75) is 11.8 Å². The number of carbonyl (C=O) groups excluding carboxylic acids is 1. The van der Waals surface area contributed by atoms with E-state index in [0.29, 0.717) is 24.3 Å². The number of hydrogen-bond donors (Lipinski definition) is 2. The maximum atomic E-state index is 12.0. The number of aryl methyl sites for hydroxylation is 1. The molecule has 0 aliphatic carbocycles. The Morgan fingerprint density at radius 2 is 2.14 bits per heavy atom. The fraction of sp³-hybridized carbons (Fsp3) is 0.357. The fourth-order valence-electron chi connectivity index (χ4n) is 1.63. The van der Waals surface area contributed by atoms with Gasteiger partial charge >= 0.3 is 0 Å². The van der Waals surface area contributed by atoms with Gasteiger partial charge in [0.05, 0.1) is 11.5 Å². The van der Waals surface area contributed by atoms with Crippen molar-refractivity contribution >= 4 is 15.9 Å². The van der Waals surface area contributed by atoms with E-state index in [1.807, 2.05) is 0 Å². The van der Waals surface area contributed by atoms with Crippen molar-refractivity contribution < 1.29 is 17.9 Å². The topological polar surface area (TPSA) is 84.5 Å². The predicted octanol–water partition coefficient (Wildman–Crippen LogP) is 0.836. The molecule has 0 atom stereocenters. The number of nitrogens with one attached hydrogen (secondary N) is 2. The molecule has 0 fully saturated rings. The lowest BCUT2D eigenvalue weighted by Gasteiger charge is -2.10. The molecular weight excluding hydrogens is 292 g/mol. The van der Waals surface area contributed by atoms with Crippen molar-refractivity contribution in [1.29, 1.82) is 0 Å². The predicted molar refractivity (Wildman–Crippen MR) is 80.8 cm³/mol. The standard InChI is InChI=1S/C14H20N2O4S/c1-4-7-16-21(18,19)12-6-5-11(2)13(10-12)14(17)15-8-9-20-3/h4-6,10,16H,1,7-9H2,2-3H3,(H,15,17). The third kappa shape index (κ3) is 4.96. The van der Waals surface area contributed by atoms with Crippen molar-refractivity contribution in [3.8, 4) is 0 Å². The van der Waals surface area contributed by atoms with Gasteiger partial charge in [-0.2, -0.15) is 0 Å². The Balaban J connectivity index is 2.99. The zero-order valence-corrected chi connectivity index (χ0v) is 13.0. The van der Waals surface area contributed by atoms with Crippen molar-refractivity contribution in [2.24, 2.45) is 0 Å². The van der Waals surface area contributed by atoms with E-state index in [9.17, 15) is 13.2 Å². The summed E-state index contributed by atoms with van der Waals surface area (Å²) in [6.07, 6.45) is 1.45. The zero-order chi connectivity index (χ0) is 15.9. The fourth-order valence-corrected chi connectivity index (χ4v) is 2.65. The highest BCUT2D eigenvalue weighted by Crippen LogP contribution is 2.15. The smallest absolute Gasteiger partial charge is 0.251 e. The van der Waals surface area contributed by atoms with E-state index >= 15 is 0 Å². The lowest BCUT2D eigenvalue weighted by Crippen LogP contribution is -2.28. The van der Waals surface area contributed by atoms with Gasteiger partial charge in [-0.25, -0.2) is 13.1 Å². The molecule has 6 nitrogen and oxygen atoms in total. The Hall–Kier alpha value is -1.70. The van der Waals surface area contributed by atoms with Gasteiger partial charge in [-0.05, 0) is 24.6 Å². The molecule has 1 amide bonds. The van der Waals surface area contributed by atoms with Crippen molar-refractivity contribution in [1.82, 2.24) is 10.0 Å². The van der Waals surface area contributed by atoms with Gasteiger partial charge in [-0.3, -0.25) is 4.79 Å². The third-order valence-electron chi connectivity index (χ3n) is 2.77. The minimum atomic E-state index is -3.65. The molecule has 1 aromatic carbocycles. The number of ether oxygens (including phenoxy) is 1. The summed E-state index contributed by atoms with van der Waals surface area (Å²) in [7, 11) is -2.11. The Labute approximate surface area is 125 Å². The van der Waals surface area contributed by atoms with Crippen LogP contribution in [0.2, 0.25) is 0 Å². The van der Waals surface area contributed by atoms with Crippen LogP contribution >= 0.6 is 0 Å². The first-order chi connectivity index (χ1) is 9.92. The lowest BCUT2D eigenvalue weighted by molar-refractivity contribution is 0.0936. The summed E-state index contributed by atoms with van der Waals surface area (Å²) in [5.41, 5.74) is 1.03. The maximum absolute atomic E-state index is 12.0. The molecule has 1 aromatic rings. The van der Waals surface area contributed by atoms with Crippen LogP contribution in [0.5, 0.6) is 0 Å². The highest BCUT2D eigenvalue weighted by molar-refractivity contribution is 7.89. The summed E-state index contributed by atoms with van der Waals surface area (Å²) in [4.78, 5) is 12.1. The molecule has 0 aliphatic heterocycles. The van der Waals surface area contributed by atoms with Crippen molar-refractivity contribution in [3.05, 3.63) is 42.0 Å². The van der Waals surface area contributed by atoms with E-state index < -0.39 is 10.0 Å². The Kier molecular flexibility index (Phi) is 6.54. The van der Waals surface area contributed by atoms with Crippen LogP contribution in [0.4, 0.5) is 0 Å². The molecule has 7 heteroatoms. The van der Waals surface area contributed by atoms with Gasteiger partial charge in [0.15, 0.2) is 0 Å². The summed E-state index contributed by atoms with van der Waals surface area (Å²) in [5, 5.41) is 2.67. The first-order valence-corrected chi connectivity index (χ1v) is 7.89. The third-order valence-corrected chi connectivity index (χ3v) is 4.19. The van der Waals surface area contributed by atoms with Crippen LogP contribution in [-0.4, -0.2) is 41.1 Å². The van der Waals surface area contributed by atoms with E-state index in [1.54, 1.807) is 13.0 Å². The van der Waals surface area contributed by atoms with Crippen LogP contribution < -0.4 is 10.0 Å². The summed E-state index contributed by atoms with van der Waals surface area (Å²) in [6, 6.07) is 4.43. The quantitative estimate of drug-likeness (QED) is 0.550. The number of benzene rings is 1. The number of amides is 1. The summed E-state index contributed by atoms with van der Waals surface area (Å²) in [6.45, 7) is 6.09. The van der Waals surface area contributed by atoms with Crippen LogP contribution in [0.15, 0.2) is 35.7 Å². The summed E-state index contributed by atoms with van der Waals surface area (Å²) in [5.74, 6) is -0.328. The van der Waals surface area contributed by atoms with Gasteiger partial charge in [0.25, 0.3) is 5.91 Å². The molecule has 0 heterocycles. The van der Waals surface area contributed by atoms with Crippen LogP contribution in [-0.2, 0) is 14.8 Å². The zero-order valence-electron chi connectivity index (χ0n) is 12.2. The van der Waals surface area contributed by atoms with E-state index in [1.165, 1.54) is 25.3 Å². The molecule has 0 unspecified atom stereocenters. The van der Waals surface area contributed by atoms with Crippen LogP contribution in [0.1, 0.15) is 15.9 Å². The average Bonchev–Trinajstić information content (AvgIpc) is 2.45. The molecule has 0 saturated carbocycles.